The largest absolute Gasteiger partial charge is 0.247 e. The molecule has 0 N–H and O–H groups in total. The van der Waals surface area contributed by atoms with Crippen LogP contribution in [-0.2, 0) is 7.05 Å². The van der Waals surface area contributed by atoms with E-state index in [9.17, 15) is 0 Å². The SMILES string of the molecule is C[n+]1c(-c2ccccc2)c(-c2ccccc2)c(-c2ccccc2)n1-c1ccccc1.[O-][Cl+3]([O-])([O-])[O-]. The molecule has 0 fully saturated rings. The maximum Gasteiger partial charge on any atom is 0.247 e. The smallest absolute Gasteiger partial charge is 0.222 e. The molecule has 5 rings (SSSR count). The number of nitrogens with zero attached hydrogens (tertiary/aromatic N) is 2. The first-order valence-corrected chi connectivity index (χ1v) is 12.1. The first-order valence-electron chi connectivity index (χ1n) is 10.8. The van der Waals surface area contributed by atoms with E-state index in [-0.39, 0.29) is 0 Å². The molecule has 7 heteroatoms. The van der Waals surface area contributed by atoms with Crippen molar-refractivity contribution in [2.45, 2.75) is 0 Å². The van der Waals surface area contributed by atoms with Crippen LogP contribution in [-0.4, -0.2) is 4.68 Å². The minimum Gasteiger partial charge on any atom is -0.222 e. The van der Waals surface area contributed by atoms with Gasteiger partial charge in [0.1, 0.15) is 11.4 Å². The topological polar surface area (TPSA) is 101 Å². The maximum atomic E-state index is 8.49. The third kappa shape index (κ3) is 5.84. The highest BCUT2D eigenvalue weighted by Crippen LogP contribution is 2.39. The summed E-state index contributed by atoms with van der Waals surface area (Å²) in [6, 6.07) is 42.6. The van der Waals surface area contributed by atoms with Crippen molar-refractivity contribution in [2.75, 3.05) is 0 Å². The Morgan fingerprint density at radius 3 is 1.37 bits per heavy atom. The Labute approximate surface area is 205 Å². The fourth-order valence-electron chi connectivity index (χ4n) is 4.17. The van der Waals surface area contributed by atoms with Gasteiger partial charge >= 0.3 is 0 Å². The summed E-state index contributed by atoms with van der Waals surface area (Å²) in [4.78, 5) is 0. The molecule has 0 amide bonds. The lowest BCUT2D eigenvalue weighted by Crippen LogP contribution is -2.68. The predicted octanol–water partition coefficient (Wildman–Crippen LogP) is 1.55. The monoisotopic (exact) mass is 486 g/mol. The van der Waals surface area contributed by atoms with Gasteiger partial charge < -0.3 is 0 Å². The Kier molecular flexibility index (Phi) is 7.41. The summed E-state index contributed by atoms with van der Waals surface area (Å²) >= 11 is 0. The van der Waals surface area contributed by atoms with Gasteiger partial charge in [-0.2, -0.15) is 0 Å². The number of rotatable bonds is 4. The standard InChI is InChI=1S/C28H23N2.ClHO4/c1-29-27(23-16-8-3-9-17-23)26(22-14-6-2-7-15-22)28(24-18-10-4-11-19-24)30(29)25-20-12-5-13-21-25;2-1(3,4)5/h2-21H,1H3;(H,2,3,4,5)/q+1;/p-1. The van der Waals surface area contributed by atoms with E-state index in [1.807, 2.05) is 0 Å². The molecular formula is C28H23ClN2O4. The van der Waals surface area contributed by atoms with Crippen LogP contribution in [0.5, 0.6) is 0 Å². The summed E-state index contributed by atoms with van der Waals surface area (Å²) in [5.74, 6) is 0. The van der Waals surface area contributed by atoms with E-state index in [0.717, 1.165) is 5.69 Å². The summed E-state index contributed by atoms with van der Waals surface area (Å²) in [5, 5.41) is 0. The van der Waals surface area contributed by atoms with Crippen LogP contribution in [0.25, 0.3) is 39.3 Å². The molecule has 35 heavy (non-hydrogen) atoms. The molecule has 0 aliphatic carbocycles. The lowest BCUT2D eigenvalue weighted by Gasteiger charge is -2.17. The second-order valence-corrected chi connectivity index (χ2v) is 8.48. The predicted molar refractivity (Wildman–Crippen MR) is 123 cm³/mol. The van der Waals surface area contributed by atoms with Gasteiger partial charge in [0, 0.05) is 11.1 Å². The minimum absolute atomic E-state index is 1.14. The third-order valence-electron chi connectivity index (χ3n) is 5.47. The van der Waals surface area contributed by atoms with Crippen LogP contribution in [0.4, 0.5) is 0 Å². The van der Waals surface area contributed by atoms with Gasteiger partial charge in [-0.1, -0.05) is 97.1 Å². The van der Waals surface area contributed by atoms with E-state index in [4.69, 9.17) is 18.6 Å². The highest BCUT2D eigenvalue weighted by molar-refractivity contribution is 5.90. The van der Waals surface area contributed by atoms with Gasteiger partial charge in [-0.15, -0.1) is 19.6 Å². The van der Waals surface area contributed by atoms with Gasteiger partial charge in [0.2, 0.25) is 5.69 Å². The van der Waals surface area contributed by atoms with Crippen LogP contribution in [0.2, 0.25) is 0 Å². The molecule has 4 aromatic carbocycles. The highest BCUT2D eigenvalue weighted by atomic mass is 35.7. The van der Waals surface area contributed by atoms with Gasteiger partial charge in [0.25, 0.3) is 0 Å². The molecule has 0 aliphatic rings. The molecule has 0 aliphatic heterocycles. The third-order valence-corrected chi connectivity index (χ3v) is 5.47. The second kappa shape index (κ2) is 10.7. The number of para-hydroxylation sites is 1. The van der Waals surface area contributed by atoms with E-state index < -0.39 is 10.2 Å². The first-order chi connectivity index (χ1) is 16.8. The molecule has 0 spiro atoms. The number of halogens is 1. The maximum absolute atomic E-state index is 8.49. The van der Waals surface area contributed by atoms with E-state index in [1.165, 1.54) is 33.6 Å². The Hall–Kier alpha value is -3.78. The number of aromatic nitrogens is 2. The van der Waals surface area contributed by atoms with Gasteiger partial charge in [-0.3, -0.25) is 0 Å². The van der Waals surface area contributed by atoms with Gasteiger partial charge in [0.05, 0.1) is 5.56 Å². The first kappa shape index (κ1) is 24.3. The molecule has 0 bridgehead atoms. The van der Waals surface area contributed by atoms with Crippen molar-refractivity contribution in [3.05, 3.63) is 121 Å². The number of benzene rings is 4. The van der Waals surface area contributed by atoms with Crippen molar-refractivity contribution in [1.82, 2.24) is 4.68 Å². The average molecular weight is 487 g/mol. The lowest BCUT2D eigenvalue weighted by atomic mass is 9.95. The Morgan fingerprint density at radius 1 is 0.543 bits per heavy atom. The van der Waals surface area contributed by atoms with Gasteiger partial charge in [-0.25, -0.2) is 18.6 Å². The summed E-state index contributed by atoms with van der Waals surface area (Å²) in [5.41, 5.74) is 8.36. The minimum atomic E-state index is -4.94. The molecule has 0 saturated carbocycles. The molecular weight excluding hydrogens is 464 g/mol. The number of hydrogen-bond acceptors (Lipinski definition) is 4. The number of hydrogen-bond donors (Lipinski definition) is 0. The molecule has 0 atom stereocenters. The van der Waals surface area contributed by atoms with E-state index in [0.29, 0.717) is 0 Å². The van der Waals surface area contributed by atoms with Crippen LogP contribution in [0.3, 0.4) is 0 Å². The molecule has 1 aromatic heterocycles. The van der Waals surface area contributed by atoms with E-state index >= 15 is 0 Å². The van der Waals surface area contributed by atoms with Crippen molar-refractivity contribution < 1.29 is 33.6 Å². The van der Waals surface area contributed by atoms with Crippen LogP contribution in [0, 0.1) is 10.2 Å². The molecule has 5 aromatic rings. The van der Waals surface area contributed by atoms with E-state index in [1.54, 1.807) is 0 Å². The van der Waals surface area contributed by atoms with Crippen LogP contribution in [0.1, 0.15) is 0 Å². The molecule has 0 saturated heterocycles. The van der Waals surface area contributed by atoms with Crippen LogP contribution < -0.4 is 23.3 Å². The molecule has 1 heterocycles. The Morgan fingerprint density at radius 2 is 0.914 bits per heavy atom. The zero-order chi connectivity index (χ0) is 24.8. The van der Waals surface area contributed by atoms with Crippen molar-refractivity contribution in [1.29, 1.82) is 0 Å². The van der Waals surface area contributed by atoms with Crippen LogP contribution in [0.15, 0.2) is 121 Å². The van der Waals surface area contributed by atoms with Gasteiger partial charge in [-0.05, 0) is 29.8 Å². The summed E-state index contributed by atoms with van der Waals surface area (Å²) in [6.45, 7) is 0. The molecule has 0 unspecified atom stereocenters. The Balaban J connectivity index is 0.000000527. The Bertz CT molecular complexity index is 1260. The molecule has 6 nitrogen and oxygen atoms in total. The van der Waals surface area contributed by atoms with Crippen molar-refractivity contribution in [2.24, 2.45) is 7.05 Å². The van der Waals surface area contributed by atoms with Crippen molar-refractivity contribution in [3.8, 4) is 39.3 Å². The van der Waals surface area contributed by atoms with E-state index in [2.05, 4.69) is 138 Å². The van der Waals surface area contributed by atoms with Crippen molar-refractivity contribution >= 4 is 0 Å². The summed E-state index contributed by atoms with van der Waals surface area (Å²) in [6.07, 6.45) is 0. The molecule has 176 valence electrons. The quantitative estimate of drug-likeness (QED) is 0.360. The van der Waals surface area contributed by atoms with Crippen molar-refractivity contribution in [3.63, 3.8) is 0 Å². The lowest BCUT2D eigenvalue weighted by molar-refractivity contribution is -2.00. The summed E-state index contributed by atoms with van der Waals surface area (Å²) < 4.78 is 38.6. The zero-order valence-corrected chi connectivity index (χ0v) is 19.7. The van der Waals surface area contributed by atoms with Gasteiger partial charge in [0.15, 0.2) is 7.05 Å². The fraction of sp³-hybridized carbons (Fsp3) is 0.0357. The highest BCUT2D eigenvalue weighted by Gasteiger charge is 2.31. The normalized spacial score (nSPS) is 11.0. The summed E-state index contributed by atoms with van der Waals surface area (Å²) in [7, 11) is -2.80. The zero-order valence-electron chi connectivity index (χ0n) is 19.0. The second-order valence-electron chi connectivity index (χ2n) is 7.72. The fourth-order valence-corrected chi connectivity index (χ4v) is 4.17. The van der Waals surface area contributed by atoms with Crippen LogP contribution >= 0.6 is 0 Å². The molecule has 0 radical (unpaired) electrons. The average Bonchev–Trinajstić information content (AvgIpc) is 3.18.